The average molecular weight is 564 g/mol. The van der Waals surface area contributed by atoms with E-state index in [-0.39, 0.29) is 0 Å². The minimum Gasteiger partial charge on any atom is -0.497 e. The molecule has 0 saturated heterocycles. The largest absolute Gasteiger partial charge is 0.497 e. The van der Waals surface area contributed by atoms with Crippen LogP contribution in [0.25, 0.3) is 11.0 Å². The van der Waals surface area contributed by atoms with Crippen molar-refractivity contribution in [3.63, 3.8) is 0 Å². The number of hydrogen-bond donors (Lipinski definition) is 1. The second-order valence-corrected chi connectivity index (χ2v) is 12.4. The zero-order valence-corrected chi connectivity index (χ0v) is 27.1. The highest BCUT2D eigenvalue weighted by molar-refractivity contribution is 5.80. The lowest BCUT2D eigenvalue weighted by Gasteiger charge is -2.24. The minimum atomic E-state index is 0.720. The molecule has 3 rings (SSSR count). The lowest BCUT2D eigenvalue weighted by Crippen LogP contribution is -2.27. The number of ether oxygens (including phenoxy) is 1. The summed E-state index contributed by atoms with van der Waals surface area (Å²) in [7, 11) is 1.70. The fraction of sp³-hybridized carbons (Fsp3) is 0.629. The molecule has 0 radical (unpaired) electrons. The molecule has 2 aromatic carbocycles. The molecular weight excluding hydrogens is 506 g/mol. The van der Waals surface area contributed by atoms with Crippen molar-refractivity contribution in [3.05, 3.63) is 48.0 Å². The first-order valence-electron chi connectivity index (χ1n) is 16.2. The molecule has 0 spiro atoms. The summed E-state index contributed by atoms with van der Waals surface area (Å²) in [4.78, 5) is 10.3. The fourth-order valence-electron chi connectivity index (χ4n) is 5.22. The zero-order chi connectivity index (χ0) is 29.6. The molecule has 0 fully saturated rings. The van der Waals surface area contributed by atoms with Crippen molar-refractivity contribution in [2.75, 3.05) is 45.2 Å². The molecule has 0 aliphatic carbocycles. The molecule has 0 aliphatic rings. The van der Waals surface area contributed by atoms with Gasteiger partial charge in [-0.2, -0.15) is 0 Å². The van der Waals surface area contributed by atoms with Gasteiger partial charge in [0.2, 0.25) is 5.95 Å². The number of benzene rings is 2. The van der Waals surface area contributed by atoms with Gasteiger partial charge in [-0.15, -0.1) is 0 Å². The van der Waals surface area contributed by atoms with Crippen LogP contribution in [0.15, 0.2) is 42.5 Å². The molecule has 0 amide bonds. The molecule has 1 heterocycles. The lowest BCUT2D eigenvalue weighted by atomic mass is 10.1. The number of anilines is 2. The van der Waals surface area contributed by atoms with E-state index in [2.05, 4.69) is 91.6 Å². The van der Waals surface area contributed by atoms with Crippen molar-refractivity contribution < 1.29 is 4.74 Å². The summed E-state index contributed by atoms with van der Waals surface area (Å²) in [5.74, 6) is 3.21. The number of unbranched alkanes of at least 4 members (excludes halogenated alkanes) is 2. The maximum atomic E-state index is 5.36. The molecule has 0 bridgehead atoms. The van der Waals surface area contributed by atoms with Crippen LogP contribution in [0, 0.1) is 11.8 Å². The molecule has 1 aromatic heterocycles. The SMILES string of the molecule is CCCCN(CC)CCCCn1c(Nc2ccc(OC)cc2)nc2ccc(CN(CCC(C)C)CCC(C)C)cc21. The molecule has 41 heavy (non-hydrogen) atoms. The Morgan fingerprint density at radius 2 is 1.51 bits per heavy atom. The molecule has 228 valence electrons. The second kappa shape index (κ2) is 17.4. The summed E-state index contributed by atoms with van der Waals surface area (Å²) in [6, 6.07) is 15.0. The van der Waals surface area contributed by atoms with Crippen LogP contribution >= 0.6 is 0 Å². The van der Waals surface area contributed by atoms with Crippen LogP contribution in [-0.4, -0.2) is 59.2 Å². The van der Waals surface area contributed by atoms with Gasteiger partial charge in [-0.3, -0.25) is 4.90 Å². The Morgan fingerprint density at radius 1 is 0.829 bits per heavy atom. The number of nitrogens with one attached hydrogen (secondary N) is 1. The number of methoxy groups -OCH3 is 1. The first-order valence-corrected chi connectivity index (χ1v) is 16.2. The van der Waals surface area contributed by atoms with Gasteiger partial charge in [0.25, 0.3) is 0 Å². The minimum absolute atomic E-state index is 0.720. The summed E-state index contributed by atoms with van der Waals surface area (Å²) in [5, 5.41) is 3.60. The Balaban J connectivity index is 1.82. The van der Waals surface area contributed by atoms with Crippen molar-refractivity contribution in [2.24, 2.45) is 11.8 Å². The third-order valence-corrected chi connectivity index (χ3v) is 7.99. The quantitative estimate of drug-likeness (QED) is 0.140. The third kappa shape index (κ3) is 11.0. The Labute approximate surface area is 250 Å². The van der Waals surface area contributed by atoms with Crippen LogP contribution < -0.4 is 10.1 Å². The van der Waals surface area contributed by atoms with Crippen molar-refractivity contribution in [2.45, 2.75) is 93.2 Å². The van der Waals surface area contributed by atoms with E-state index >= 15 is 0 Å². The van der Waals surface area contributed by atoms with Gasteiger partial charge in [0.1, 0.15) is 5.75 Å². The van der Waals surface area contributed by atoms with Crippen LogP contribution in [0.5, 0.6) is 5.75 Å². The molecule has 3 aromatic rings. The Morgan fingerprint density at radius 3 is 2.12 bits per heavy atom. The maximum Gasteiger partial charge on any atom is 0.208 e. The van der Waals surface area contributed by atoms with Crippen molar-refractivity contribution >= 4 is 22.7 Å². The van der Waals surface area contributed by atoms with E-state index in [1.807, 2.05) is 12.1 Å². The van der Waals surface area contributed by atoms with E-state index in [9.17, 15) is 0 Å². The van der Waals surface area contributed by atoms with Crippen LogP contribution in [0.3, 0.4) is 0 Å². The number of nitrogens with zero attached hydrogens (tertiary/aromatic N) is 4. The third-order valence-electron chi connectivity index (χ3n) is 7.99. The molecular formula is C35H57N5O. The Bertz CT molecular complexity index is 1130. The first-order chi connectivity index (χ1) is 19.8. The summed E-state index contributed by atoms with van der Waals surface area (Å²) in [5.41, 5.74) is 4.68. The number of rotatable bonds is 20. The number of imidazole rings is 1. The predicted octanol–water partition coefficient (Wildman–Crippen LogP) is 8.58. The lowest BCUT2D eigenvalue weighted by molar-refractivity contribution is 0.236. The van der Waals surface area contributed by atoms with Gasteiger partial charge in [-0.1, -0.05) is 54.0 Å². The molecule has 0 aliphatic heterocycles. The summed E-state index contributed by atoms with van der Waals surface area (Å²) >= 11 is 0. The molecule has 0 atom stereocenters. The summed E-state index contributed by atoms with van der Waals surface area (Å²) in [6.07, 6.45) is 7.33. The van der Waals surface area contributed by atoms with Gasteiger partial charge in [0, 0.05) is 18.8 Å². The first kappa shape index (κ1) is 32.9. The Hall–Kier alpha value is -2.57. The van der Waals surface area contributed by atoms with Gasteiger partial charge < -0.3 is 19.5 Å². The van der Waals surface area contributed by atoms with Crippen LogP contribution in [0.2, 0.25) is 0 Å². The van der Waals surface area contributed by atoms with Gasteiger partial charge in [0.15, 0.2) is 0 Å². The number of hydrogen-bond acceptors (Lipinski definition) is 5. The van der Waals surface area contributed by atoms with Crippen molar-refractivity contribution in [1.82, 2.24) is 19.4 Å². The van der Waals surface area contributed by atoms with E-state index in [4.69, 9.17) is 9.72 Å². The molecule has 6 nitrogen and oxygen atoms in total. The molecule has 1 N–H and O–H groups in total. The maximum absolute atomic E-state index is 5.36. The van der Waals surface area contributed by atoms with E-state index in [0.717, 1.165) is 80.4 Å². The zero-order valence-electron chi connectivity index (χ0n) is 27.1. The highest BCUT2D eigenvalue weighted by Gasteiger charge is 2.15. The second-order valence-electron chi connectivity index (χ2n) is 12.4. The summed E-state index contributed by atoms with van der Waals surface area (Å²) < 4.78 is 7.76. The average Bonchev–Trinajstić information content (AvgIpc) is 3.30. The smallest absolute Gasteiger partial charge is 0.208 e. The topological polar surface area (TPSA) is 45.6 Å². The number of fused-ring (bicyclic) bond motifs is 1. The fourth-order valence-corrected chi connectivity index (χ4v) is 5.22. The van der Waals surface area contributed by atoms with E-state index in [1.165, 1.54) is 49.7 Å². The monoisotopic (exact) mass is 563 g/mol. The van der Waals surface area contributed by atoms with Crippen molar-refractivity contribution in [3.8, 4) is 5.75 Å². The van der Waals surface area contributed by atoms with Crippen LogP contribution in [0.1, 0.15) is 85.6 Å². The predicted molar refractivity (Wildman–Crippen MR) is 176 cm³/mol. The van der Waals surface area contributed by atoms with E-state index < -0.39 is 0 Å². The molecule has 0 unspecified atom stereocenters. The van der Waals surface area contributed by atoms with E-state index in [0.29, 0.717) is 0 Å². The van der Waals surface area contributed by atoms with Crippen LogP contribution in [-0.2, 0) is 13.1 Å². The van der Waals surface area contributed by atoms with Gasteiger partial charge >= 0.3 is 0 Å². The van der Waals surface area contributed by atoms with Gasteiger partial charge in [0.05, 0.1) is 18.1 Å². The standard InChI is InChI=1S/C35H57N5O/c1-8-10-21-38(9-2)22-11-12-23-40-34-26-30(27-39(24-19-28(3)4)25-20-29(5)6)13-18-33(34)37-35(40)36-31-14-16-32(41-7)17-15-31/h13-18,26,28-29H,8-12,19-25,27H2,1-7H3,(H,36,37). The molecule has 0 saturated carbocycles. The summed E-state index contributed by atoms with van der Waals surface area (Å²) in [6.45, 7) is 21.6. The highest BCUT2D eigenvalue weighted by atomic mass is 16.5. The van der Waals surface area contributed by atoms with Gasteiger partial charge in [-0.05, 0) is 119 Å². The van der Waals surface area contributed by atoms with Crippen LogP contribution in [0.4, 0.5) is 11.6 Å². The molecule has 6 heteroatoms. The van der Waals surface area contributed by atoms with Crippen molar-refractivity contribution in [1.29, 1.82) is 0 Å². The number of aryl methyl sites for hydroxylation is 1. The normalized spacial score (nSPS) is 12.0. The van der Waals surface area contributed by atoms with Gasteiger partial charge in [-0.25, -0.2) is 4.98 Å². The highest BCUT2D eigenvalue weighted by Crippen LogP contribution is 2.26. The van der Waals surface area contributed by atoms with E-state index in [1.54, 1.807) is 7.11 Å². The Kier molecular flexibility index (Phi) is 14.0. The number of aromatic nitrogens is 2.